The van der Waals surface area contributed by atoms with Gasteiger partial charge in [-0.15, -0.1) is 0 Å². The topological polar surface area (TPSA) is 30.7 Å². The molecular formula is C11H13N3. The molecule has 0 saturated heterocycles. The van der Waals surface area contributed by atoms with E-state index in [1.165, 1.54) is 5.56 Å². The van der Waals surface area contributed by atoms with Gasteiger partial charge < -0.3 is 4.57 Å². The summed E-state index contributed by atoms with van der Waals surface area (Å²) >= 11 is 0. The normalized spacial score (nSPS) is 10.4. The van der Waals surface area contributed by atoms with Crippen LogP contribution in [0, 0.1) is 0 Å². The molecule has 3 nitrogen and oxygen atoms in total. The Morgan fingerprint density at radius 3 is 2.86 bits per heavy atom. The fraction of sp³-hybridized carbons (Fsp3) is 0.273. The molecule has 0 saturated carbocycles. The highest BCUT2D eigenvalue weighted by atomic mass is 15.0. The molecule has 0 aliphatic rings. The molecule has 0 spiro atoms. The van der Waals surface area contributed by atoms with Gasteiger partial charge in [0.25, 0.3) is 0 Å². The Balaban J connectivity index is 1.99. The zero-order valence-electron chi connectivity index (χ0n) is 8.22. The van der Waals surface area contributed by atoms with Crippen molar-refractivity contribution >= 4 is 0 Å². The van der Waals surface area contributed by atoms with Gasteiger partial charge in [0, 0.05) is 38.3 Å². The SMILES string of the molecule is Cn1ccnc1CCc1cccnc1. The quantitative estimate of drug-likeness (QED) is 0.730. The number of aromatic nitrogens is 3. The Bertz CT molecular complexity index is 392. The summed E-state index contributed by atoms with van der Waals surface area (Å²) in [6.45, 7) is 0. The molecule has 3 heteroatoms. The van der Waals surface area contributed by atoms with Gasteiger partial charge in [0.2, 0.25) is 0 Å². The fourth-order valence-corrected chi connectivity index (χ4v) is 1.44. The van der Waals surface area contributed by atoms with Crippen LogP contribution in [0.1, 0.15) is 11.4 Å². The molecular weight excluding hydrogens is 174 g/mol. The third-order valence-corrected chi connectivity index (χ3v) is 2.28. The molecule has 14 heavy (non-hydrogen) atoms. The van der Waals surface area contributed by atoms with Crippen LogP contribution >= 0.6 is 0 Å². The number of imidazole rings is 1. The summed E-state index contributed by atoms with van der Waals surface area (Å²) < 4.78 is 2.05. The van der Waals surface area contributed by atoms with Crippen molar-refractivity contribution in [2.75, 3.05) is 0 Å². The Kier molecular flexibility index (Phi) is 2.58. The number of rotatable bonds is 3. The number of hydrogen-bond acceptors (Lipinski definition) is 2. The van der Waals surface area contributed by atoms with E-state index in [-0.39, 0.29) is 0 Å². The highest BCUT2D eigenvalue weighted by Crippen LogP contribution is 2.03. The van der Waals surface area contributed by atoms with Crippen LogP contribution in [0.2, 0.25) is 0 Å². The Labute approximate surface area is 83.4 Å². The summed E-state index contributed by atoms with van der Waals surface area (Å²) in [5, 5.41) is 0. The van der Waals surface area contributed by atoms with Crippen LogP contribution in [0.25, 0.3) is 0 Å². The molecule has 0 aromatic carbocycles. The molecule has 0 N–H and O–H groups in total. The summed E-state index contributed by atoms with van der Waals surface area (Å²) in [6, 6.07) is 4.06. The van der Waals surface area contributed by atoms with Crippen LogP contribution in [0.15, 0.2) is 36.9 Å². The molecule has 0 aliphatic carbocycles. The van der Waals surface area contributed by atoms with E-state index < -0.39 is 0 Å². The van der Waals surface area contributed by atoms with E-state index in [2.05, 4.69) is 20.6 Å². The van der Waals surface area contributed by atoms with E-state index in [4.69, 9.17) is 0 Å². The molecule has 2 rings (SSSR count). The summed E-state index contributed by atoms with van der Waals surface area (Å²) in [5.41, 5.74) is 1.26. The molecule has 0 aliphatic heterocycles. The van der Waals surface area contributed by atoms with Crippen molar-refractivity contribution in [2.24, 2.45) is 7.05 Å². The lowest BCUT2D eigenvalue weighted by atomic mass is 10.1. The lowest BCUT2D eigenvalue weighted by Gasteiger charge is -2.01. The summed E-state index contributed by atoms with van der Waals surface area (Å²) in [7, 11) is 2.02. The van der Waals surface area contributed by atoms with E-state index in [1.54, 1.807) is 6.20 Å². The minimum atomic E-state index is 0.967. The number of hydrogen-bond donors (Lipinski definition) is 0. The van der Waals surface area contributed by atoms with E-state index in [0.29, 0.717) is 0 Å². The minimum absolute atomic E-state index is 0.967. The smallest absolute Gasteiger partial charge is 0.108 e. The molecule has 0 atom stereocenters. The van der Waals surface area contributed by atoms with E-state index >= 15 is 0 Å². The molecule has 0 fully saturated rings. The molecule has 0 unspecified atom stereocenters. The van der Waals surface area contributed by atoms with Gasteiger partial charge in [-0.05, 0) is 18.1 Å². The second kappa shape index (κ2) is 4.05. The van der Waals surface area contributed by atoms with Gasteiger partial charge in [-0.3, -0.25) is 4.98 Å². The van der Waals surface area contributed by atoms with E-state index in [0.717, 1.165) is 18.7 Å². The van der Waals surface area contributed by atoms with E-state index in [1.807, 2.05) is 31.7 Å². The van der Waals surface area contributed by atoms with Crippen molar-refractivity contribution in [2.45, 2.75) is 12.8 Å². The van der Waals surface area contributed by atoms with Crippen LogP contribution in [-0.4, -0.2) is 14.5 Å². The Morgan fingerprint density at radius 1 is 1.29 bits per heavy atom. The average molecular weight is 187 g/mol. The predicted molar refractivity (Wildman–Crippen MR) is 54.9 cm³/mol. The monoisotopic (exact) mass is 187 g/mol. The fourth-order valence-electron chi connectivity index (χ4n) is 1.44. The van der Waals surface area contributed by atoms with Crippen LogP contribution in [0.3, 0.4) is 0 Å². The molecule has 2 aromatic rings. The van der Waals surface area contributed by atoms with Gasteiger partial charge in [-0.2, -0.15) is 0 Å². The maximum atomic E-state index is 4.27. The van der Waals surface area contributed by atoms with E-state index in [9.17, 15) is 0 Å². The first-order valence-electron chi connectivity index (χ1n) is 4.71. The summed E-state index contributed by atoms with van der Waals surface area (Å²) in [4.78, 5) is 8.35. The van der Waals surface area contributed by atoms with Crippen molar-refractivity contribution in [1.29, 1.82) is 0 Å². The average Bonchev–Trinajstić information content (AvgIpc) is 2.63. The van der Waals surface area contributed by atoms with Crippen molar-refractivity contribution < 1.29 is 0 Å². The van der Waals surface area contributed by atoms with Crippen molar-refractivity contribution in [3.05, 3.63) is 48.3 Å². The molecule has 0 amide bonds. The highest BCUT2D eigenvalue weighted by molar-refractivity contribution is 5.10. The zero-order chi connectivity index (χ0) is 9.80. The van der Waals surface area contributed by atoms with Gasteiger partial charge in [0.15, 0.2) is 0 Å². The van der Waals surface area contributed by atoms with Crippen LogP contribution in [0.4, 0.5) is 0 Å². The van der Waals surface area contributed by atoms with Gasteiger partial charge in [0.1, 0.15) is 5.82 Å². The van der Waals surface area contributed by atoms with Crippen LogP contribution in [-0.2, 0) is 19.9 Å². The second-order valence-electron chi connectivity index (χ2n) is 3.32. The van der Waals surface area contributed by atoms with Crippen LogP contribution in [0.5, 0.6) is 0 Å². The lowest BCUT2D eigenvalue weighted by Crippen LogP contribution is -1.99. The third kappa shape index (κ3) is 1.99. The van der Waals surface area contributed by atoms with Crippen molar-refractivity contribution in [3.63, 3.8) is 0 Å². The molecule has 0 radical (unpaired) electrons. The van der Waals surface area contributed by atoms with Crippen molar-refractivity contribution in [1.82, 2.24) is 14.5 Å². The highest BCUT2D eigenvalue weighted by Gasteiger charge is 1.99. The predicted octanol–water partition coefficient (Wildman–Crippen LogP) is 1.60. The number of nitrogens with zero attached hydrogens (tertiary/aromatic N) is 3. The maximum absolute atomic E-state index is 4.27. The van der Waals surface area contributed by atoms with Gasteiger partial charge >= 0.3 is 0 Å². The number of pyridine rings is 1. The molecule has 0 bridgehead atoms. The molecule has 2 aromatic heterocycles. The van der Waals surface area contributed by atoms with Gasteiger partial charge in [-0.1, -0.05) is 6.07 Å². The minimum Gasteiger partial charge on any atom is -0.338 e. The first kappa shape index (κ1) is 8.94. The maximum Gasteiger partial charge on any atom is 0.108 e. The van der Waals surface area contributed by atoms with Gasteiger partial charge in [-0.25, -0.2) is 4.98 Å². The Morgan fingerprint density at radius 2 is 2.21 bits per heavy atom. The first-order chi connectivity index (χ1) is 6.86. The molecule has 2 heterocycles. The number of aryl methyl sites for hydroxylation is 3. The lowest BCUT2D eigenvalue weighted by molar-refractivity contribution is 0.770. The molecule has 72 valence electrons. The summed E-state index contributed by atoms with van der Waals surface area (Å²) in [6.07, 6.45) is 9.47. The summed E-state index contributed by atoms with van der Waals surface area (Å²) in [5.74, 6) is 1.12. The van der Waals surface area contributed by atoms with Gasteiger partial charge in [0.05, 0.1) is 0 Å². The second-order valence-corrected chi connectivity index (χ2v) is 3.32. The van der Waals surface area contributed by atoms with Crippen LogP contribution < -0.4 is 0 Å². The third-order valence-electron chi connectivity index (χ3n) is 2.28. The zero-order valence-corrected chi connectivity index (χ0v) is 8.22. The standard InChI is InChI=1S/C11H13N3/c1-14-8-7-13-11(14)5-4-10-3-2-6-12-9-10/h2-3,6-9H,4-5H2,1H3. The largest absolute Gasteiger partial charge is 0.338 e. The van der Waals surface area contributed by atoms with Crippen molar-refractivity contribution in [3.8, 4) is 0 Å². The first-order valence-corrected chi connectivity index (χ1v) is 4.71. The Hall–Kier alpha value is -1.64.